The number of unbranched alkanes of at least 4 members (excludes halogenated alkanes) is 6. The Bertz CT molecular complexity index is 199. The molecule has 0 radical (unpaired) electrons. The summed E-state index contributed by atoms with van der Waals surface area (Å²) in [4.78, 5) is 0. The average Bonchev–Trinajstić information content (AvgIpc) is 2.35. The van der Waals surface area contributed by atoms with Gasteiger partial charge in [-0.15, -0.1) is 0 Å². The van der Waals surface area contributed by atoms with Crippen LogP contribution in [-0.4, -0.2) is 22.5 Å². The van der Waals surface area contributed by atoms with Crippen LogP contribution in [0.25, 0.3) is 0 Å². The van der Waals surface area contributed by atoms with E-state index < -0.39 is 15.4 Å². The molecule has 19 heavy (non-hydrogen) atoms. The van der Waals surface area contributed by atoms with Gasteiger partial charge >= 0.3 is 0 Å². The molecule has 0 bridgehead atoms. The third-order valence-corrected chi connectivity index (χ3v) is 20.8. The molecular formula is C16H38OSi2. The Kier molecular flexibility index (Phi) is 10.4. The first-order chi connectivity index (χ1) is 8.93. The zero-order valence-corrected chi connectivity index (χ0v) is 16.5. The van der Waals surface area contributed by atoms with Gasteiger partial charge in [0.2, 0.25) is 0 Å². The maximum Gasteiger partial charge on any atom is 0.178 e. The predicted octanol–water partition coefficient (Wildman–Crippen LogP) is 6.16. The van der Waals surface area contributed by atoms with Crippen molar-refractivity contribution in [3.05, 3.63) is 0 Å². The minimum absolute atomic E-state index is 1.14. The van der Waals surface area contributed by atoms with E-state index in [2.05, 4.69) is 33.5 Å². The van der Waals surface area contributed by atoms with Crippen molar-refractivity contribution < 1.29 is 4.43 Å². The summed E-state index contributed by atoms with van der Waals surface area (Å²) in [6, 6.07) is 2.84. The smallest absolute Gasteiger partial charge is 0.178 e. The van der Waals surface area contributed by atoms with E-state index in [1.165, 1.54) is 63.5 Å². The van der Waals surface area contributed by atoms with E-state index in [9.17, 15) is 0 Å². The van der Waals surface area contributed by atoms with Crippen molar-refractivity contribution >= 4 is 15.4 Å². The van der Waals surface area contributed by atoms with Crippen LogP contribution in [0, 0.1) is 0 Å². The quantitative estimate of drug-likeness (QED) is 0.310. The Labute approximate surface area is 124 Å². The first-order valence-corrected chi connectivity index (χ1v) is 15.3. The van der Waals surface area contributed by atoms with Crippen LogP contribution in [-0.2, 0) is 4.43 Å². The number of rotatable bonds is 12. The molecular weight excluding hydrogens is 264 g/mol. The zero-order valence-electron chi connectivity index (χ0n) is 14.5. The highest BCUT2D eigenvalue weighted by atomic mass is 29.3. The van der Waals surface area contributed by atoms with E-state index in [0.717, 1.165) is 0 Å². The van der Waals surface area contributed by atoms with Gasteiger partial charge < -0.3 is 4.43 Å². The van der Waals surface area contributed by atoms with E-state index in [0.29, 0.717) is 0 Å². The molecule has 0 aliphatic carbocycles. The summed E-state index contributed by atoms with van der Waals surface area (Å²) in [5, 5.41) is 0. The van der Waals surface area contributed by atoms with Crippen molar-refractivity contribution in [3.8, 4) is 0 Å². The largest absolute Gasteiger partial charge is 0.423 e. The van der Waals surface area contributed by atoms with Crippen LogP contribution in [0.4, 0.5) is 0 Å². The molecule has 0 aliphatic heterocycles. The van der Waals surface area contributed by atoms with Crippen molar-refractivity contribution in [2.75, 3.05) is 7.11 Å². The SMILES string of the molecule is CCCCCC[Si](CCCCCC)(OC)[Si](C)(C)C. The highest BCUT2D eigenvalue weighted by Crippen LogP contribution is 2.32. The molecule has 0 heterocycles. The number of hydrogen-bond donors (Lipinski definition) is 0. The highest BCUT2D eigenvalue weighted by molar-refractivity contribution is 7.38. The van der Waals surface area contributed by atoms with Crippen LogP contribution in [0.3, 0.4) is 0 Å². The molecule has 0 saturated heterocycles. The van der Waals surface area contributed by atoms with Crippen LogP contribution in [0.15, 0.2) is 0 Å². The van der Waals surface area contributed by atoms with Gasteiger partial charge in [-0.05, 0) is 12.1 Å². The summed E-state index contributed by atoms with van der Waals surface area (Å²) in [7, 11) is -0.555. The van der Waals surface area contributed by atoms with Crippen LogP contribution in [0.1, 0.15) is 65.2 Å². The number of hydrogen-bond acceptors (Lipinski definition) is 1. The third kappa shape index (κ3) is 7.10. The van der Waals surface area contributed by atoms with Gasteiger partial charge in [-0.1, -0.05) is 84.9 Å². The molecule has 0 atom stereocenters. The molecule has 116 valence electrons. The normalized spacial score (nSPS) is 12.9. The Hall–Kier alpha value is 0.394. The summed E-state index contributed by atoms with van der Waals surface area (Å²) >= 11 is 0. The van der Waals surface area contributed by atoms with E-state index in [-0.39, 0.29) is 0 Å². The van der Waals surface area contributed by atoms with Gasteiger partial charge in [0.1, 0.15) is 0 Å². The molecule has 3 heteroatoms. The first kappa shape index (κ1) is 19.4. The second-order valence-corrected chi connectivity index (χ2v) is 22.2. The minimum Gasteiger partial charge on any atom is -0.423 e. The molecule has 0 amide bonds. The van der Waals surface area contributed by atoms with Gasteiger partial charge in [-0.3, -0.25) is 0 Å². The van der Waals surface area contributed by atoms with Crippen LogP contribution >= 0.6 is 0 Å². The average molecular weight is 303 g/mol. The lowest BCUT2D eigenvalue weighted by molar-refractivity contribution is 0.400. The molecule has 0 aliphatic rings. The molecule has 1 nitrogen and oxygen atoms in total. The summed E-state index contributed by atoms with van der Waals surface area (Å²) in [6.07, 6.45) is 11.1. The third-order valence-electron chi connectivity index (χ3n) is 4.63. The topological polar surface area (TPSA) is 9.23 Å². The van der Waals surface area contributed by atoms with Crippen molar-refractivity contribution in [1.82, 2.24) is 0 Å². The fourth-order valence-electron chi connectivity index (χ4n) is 3.06. The first-order valence-electron chi connectivity index (χ1n) is 8.48. The fourth-order valence-corrected chi connectivity index (χ4v) is 14.9. The Balaban J connectivity index is 4.43. The van der Waals surface area contributed by atoms with Crippen LogP contribution < -0.4 is 0 Å². The molecule has 0 aromatic carbocycles. The van der Waals surface area contributed by atoms with Crippen LogP contribution in [0.2, 0.25) is 31.7 Å². The highest BCUT2D eigenvalue weighted by Gasteiger charge is 2.45. The molecule has 0 rings (SSSR count). The monoisotopic (exact) mass is 302 g/mol. The Morgan fingerprint density at radius 3 is 1.37 bits per heavy atom. The molecule has 0 fully saturated rings. The maximum absolute atomic E-state index is 6.26. The van der Waals surface area contributed by atoms with Crippen molar-refractivity contribution in [2.24, 2.45) is 0 Å². The Morgan fingerprint density at radius 2 is 1.11 bits per heavy atom. The summed E-state index contributed by atoms with van der Waals surface area (Å²) in [5.41, 5.74) is 0. The molecule has 0 spiro atoms. The predicted molar refractivity (Wildman–Crippen MR) is 94.0 cm³/mol. The minimum atomic E-state index is -1.43. The van der Waals surface area contributed by atoms with Gasteiger partial charge in [0.25, 0.3) is 0 Å². The van der Waals surface area contributed by atoms with Gasteiger partial charge in [-0.25, -0.2) is 0 Å². The molecule has 0 aromatic heterocycles. The molecule has 0 N–H and O–H groups in total. The summed E-state index contributed by atoms with van der Waals surface area (Å²) < 4.78 is 6.26. The van der Waals surface area contributed by atoms with Crippen molar-refractivity contribution in [3.63, 3.8) is 0 Å². The van der Waals surface area contributed by atoms with Gasteiger partial charge in [-0.2, -0.15) is 0 Å². The standard InChI is InChI=1S/C16H38OSi2/c1-7-9-11-13-15-19(17-3,18(4,5)6)16-14-12-10-8-2/h7-16H2,1-6H3. The zero-order chi connectivity index (χ0) is 14.8. The van der Waals surface area contributed by atoms with Crippen LogP contribution in [0.5, 0.6) is 0 Å². The fraction of sp³-hybridized carbons (Fsp3) is 1.00. The molecule has 0 aromatic rings. The van der Waals surface area contributed by atoms with Crippen molar-refractivity contribution in [1.29, 1.82) is 0 Å². The second-order valence-electron chi connectivity index (χ2n) is 7.07. The van der Waals surface area contributed by atoms with Gasteiger partial charge in [0.15, 0.2) is 7.83 Å². The van der Waals surface area contributed by atoms with Crippen molar-refractivity contribution in [2.45, 2.75) is 96.9 Å². The van der Waals surface area contributed by atoms with E-state index in [1.807, 2.05) is 7.11 Å². The molecule has 0 unspecified atom stereocenters. The summed E-state index contributed by atoms with van der Waals surface area (Å²) in [5.74, 6) is 0. The lowest BCUT2D eigenvalue weighted by atomic mass is 10.2. The van der Waals surface area contributed by atoms with Gasteiger partial charge in [0.05, 0.1) is 7.59 Å². The maximum atomic E-state index is 6.26. The van der Waals surface area contributed by atoms with E-state index >= 15 is 0 Å². The van der Waals surface area contributed by atoms with Gasteiger partial charge in [0, 0.05) is 7.11 Å². The molecule has 0 saturated carbocycles. The summed E-state index contributed by atoms with van der Waals surface area (Å²) in [6.45, 7) is 12.2. The second kappa shape index (κ2) is 10.2. The Morgan fingerprint density at radius 1 is 0.684 bits per heavy atom. The lowest BCUT2D eigenvalue weighted by Gasteiger charge is -2.40. The van der Waals surface area contributed by atoms with E-state index in [1.54, 1.807) is 0 Å². The lowest BCUT2D eigenvalue weighted by Crippen LogP contribution is -2.58. The van der Waals surface area contributed by atoms with E-state index in [4.69, 9.17) is 4.43 Å².